The number of benzene rings is 2. The van der Waals surface area contributed by atoms with E-state index in [4.69, 9.17) is 16.3 Å². The second-order valence-electron chi connectivity index (χ2n) is 6.23. The molecule has 0 atom stereocenters. The Balaban J connectivity index is 1.84. The van der Waals surface area contributed by atoms with Gasteiger partial charge in [-0.3, -0.25) is 9.59 Å². The number of nitrogens with zero attached hydrogens (tertiary/aromatic N) is 2. The normalized spacial score (nSPS) is 17.9. The van der Waals surface area contributed by atoms with Gasteiger partial charge in [0.1, 0.15) is 11.5 Å². The second-order valence-corrected chi connectivity index (χ2v) is 6.63. The average molecular weight is 387 g/mol. The number of halogens is 2. The first kappa shape index (κ1) is 17.7. The van der Waals surface area contributed by atoms with Crippen LogP contribution in [0.3, 0.4) is 0 Å². The fraction of sp³-hybridized carbons (Fsp3) is 0.200. The lowest BCUT2D eigenvalue weighted by molar-refractivity contribution is -0.121. The molecule has 27 heavy (non-hydrogen) atoms. The van der Waals surface area contributed by atoms with Crippen molar-refractivity contribution in [3.63, 3.8) is 0 Å². The van der Waals surface area contributed by atoms with Crippen molar-refractivity contribution in [1.82, 2.24) is 4.90 Å². The number of carbonyl (C=O) groups is 2. The molecule has 7 heteroatoms. The number of para-hydroxylation sites is 1. The molecule has 2 aliphatic rings. The number of hydrogen-bond donors (Lipinski definition) is 0. The van der Waals surface area contributed by atoms with Crippen LogP contribution in [0, 0.1) is 5.82 Å². The number of anilines is 1. The predicted octanol–water partition coefficient (Wildman–Crippen LogP) is 3.10. The van der Waals surface area contributed by atoms with Crippen molar-refractivity contribution < 1.29 is 18.7 Å². The van der Waals surface area contributed by atoms with E-state index in [1.807, 2.05) is 4.90 Å². The van der Waals surface area contributed by atoms with Gasteiger partial charge in [-0.15, -0.1) is 0 Å². The Morgan fingerprint density at radius 2 is 1.59 bits per heavy atom. The molecule has 2 amide bonds. The summed E-state index contributed by atoms with van der Waals surface area (Å²) in [5.41, 5.74) is 1.37. The molecular weight excluding hydrogens is 371 g/mol. The van der Waals surface area contributed by atoms with Crippen molar-refractivity contribution in [2.45, 2.75) is 0 Å². The molecule has 2 aromatic carbocycles. The third kappa shape index (κ3) is 3.11. The molecular formula is C20H16ClFN2O3. The van der Waals surface area contributed by atoms with Crippen molar-refractivity contribution in [3.8, 4) is 0 Å². The Kier molecular flexibility index (Phi) is 4.68. The third-order valence-corrected chi connectivity index (χ3v) is 4.93. The average Bonchev–Trinajstić information content (AvgIpc) is 2.94. The summed E-state index contributed by atoms with van der Waals surface area (Å²) in [4.78, 5) is 29.4. The van der Waals surface area contributed by atoms with Crippen LogP contribution in [0.1, 0.15) is 5.56 Å². The van der Waals surface area contributed by atoms with Crippen molar-refractivity contribution in [1.29, 1.82) is 0 Å². The maximum Gasteiger partial charge on any atom is 0.282 e. The van der Waals surface area contributed by atoms with Crippen molar-refractivity contribution in [2.24, 2.45) is 0 Å². The summed E-state index contributed by atoms with van der Waals surface area (Å²) < 4.78 is 18.7. The molecule has 0 unspecified atom stereocenters. The summed E-state index contributed by atoms with van der Waals surface area (Å²) in [6.45, 7) is 1.92. The highest BCUT2D eigenvalue weighted by Gasteiger charge is 2.43. The van der Waals surface area contributed by atoms with Gasteiger partial charge in [0.15, 0.2) is 0 Å². The van der Waals surface area contributed by atoms with Crippen LogP contribution < -0.4 is 4.90 Å². The van der Waals surface area contributed by atoms with Crippen molar-refractivity contribution >= 4 is 34.7 Å². The van der Waals surface area contributed by atoms with Crippen LogP contribution in [0.15, 0.2) is 54.2 Å². The van der Waals surface area contributed by atoms with Crippen LogP contribution in [0.4, 0.5) is 10.1 Å². The zero-order valence-corrected chi connectivity index (χ0v) is 15.1. The lowest BCUT2D eigenvalue weighted by Crippen LogP contribution is -2.40. The van der Waals surface area contributed by atoms with Gasteiger partial charge in [0.25, 0.3) is 11.8 Å². The summed E-state index contributed by atoms with van der Waals surface area (Å²) in [5.74, 6) is -1.32. The minimum Gasteiger partial charge on any atom is -0.378 e. The predicted molar refractivity (Wildman–Crippen MR) is 99.7 cm³/mol. The van der Waals surface area contributed by atoms with Gasteiger partial charge in [0.05, 0.1) is 29.5 Å². The monoisotopic (exact) mass is 386 g/mol. The first-order chi connectivity index (χ1) is 13.1. The Morgan fingerprint density at radius 3 is 2.26 bits per heavy atom. The maximum atomic E-state index is 13.4. The summed E-state index contributed by atoms with van der Waals surface area (Å²) in [5, 5.41) is 0.306. The number of morpholine rings is 1. The fourth-order valence-electron chi connectivity index (χ4n) is 3.33. The van der Waals surface area contributed by atoms with Gasteiger partial charge in [-0.05, 0) is 29.8 Å². The van der Waals surface area contributed by atoms with Crippen LogP contribution in [-0.4, -0.2) is 43.0 Å². The molecule has 0 saturated carbocycles. The summed E-state index contributed by atoms with van der Waals surface area (Å²) in [6, 6.07) is 12.3. The van der Waals surface area contributed by atoms with E-state index in [9.17, 15) is 14.0 Å². The van der Waals surface area contributed by atoms with Crippen LogP contribution in [0.25, 0.3) is 5.57 Å². The first-order valence-electron chi connectivity index (χ1n) is 8.54. The lowest BCUT2D eigenvalue weighted by atomic mass is 10.0. The molecule has 4 rings (SSSR count). The minimum atomic E-state index is -0.471. The quantitative estimate of drug-likeness (QED) is 0.761. The summed E-state index contributed by atoms with van der Waals surface area (Å²) >= 11 is 6.24. The van der Waals surface area contributed by atoms with E-state index in [0.29, 0.717) is 48.3 Å². The van der Waals surface area contributed by atoms with Gasteiger partial charge in [-0.25, -0.2) is 9.29 Å². The van der Waals surface area contributed by atoms with Crippen LogP contribution >= 0.6 is 11.6 Å². The zero-order chi connectivity index (χ0) is 19.0. The molecule has 0 spiro atoms. The molecule has 2 aromatic rings. The van der Waals surface area contributed by atoms with Crippen molar-refractivity contribution in [3.05, 3.63) is 70.6 Å². The molecule has 0 N–H and O–H groups in total. The van der Waals surface area contributed by atoms with Gasteiger partial charge < -0.3 is 9.64 Å². The third-order valence-electron chi connectivity index (χ3n) is 4.61. The maximum absolute atomic E-state index is 13.4. The number of carbonyl (C=O) groups excluding carboxylic acids is 2. The highest BCUT2D eigenvalue weighted by Crippen LogP contribution is 2.37. The van der Waals surface area contributed by atoms with Crippen molar-refractivity contribution in [2.75, 3.05) is 31.2 Å². The highest BCUT2D eigenvalue weighted by molar-refractivity contribution is 6.47. The van der Waals surface area contributed by atoms with Crippen LogP contribution in [0.2, 0.25) is 5.02 Å². The number of ether oxygens (including phenoxy) is 1. The minimum absolute atomic E-state index is 0.252. The lowest BCUT2D eigenvalue weighted by Gasteiger charge is -2.29. The van der Waals surface area contributed by atoms with E-state index in [2.05, 4.69) is 0 Å². The van der Waals surface area contributed by atoms with Crippen LogP contribution in [0.5, 0.6) is 0 Å². The summed E-state index contributed by atoms with van der Waals surface area (Å²) in [7, 11) is 0. The van der Waals surface area contributed by atoms with Gasteiger partial charge in [0.2, 0.25) is 0 Å². The molecule has 1 fully saturated rings. The Bertz CT molecular complexity index is 936. The second kappa shape index (κ2) is 7.13. The number of hydrogen-bond acceptors (Lipinski definition) is 4. The molecule has 2 aliphatic heterocycles. The smallest absolute Gasteiger partial charge is 0.282 e. The van der Waals surface area contributed by atoms with Gasteiger partial charge >= 0.3 is 0 Å². The number of imide groups is 1. The Hall–Kier alpha value is -2.70. The molecule has 1 saturated heterocycles. The molecule has 5 nitrogen and oxygen atoms in total. The van der Waals surface area contributed by atoms with E-state index in [1.54, 1.807) is 24.3 Å². The van der Waals surface area contributed by atoms with E-state index in [1.165, 1.54) is 24.3 Å². The highest BCUT2D eigenvalue weighted by atomic mass is 35.5. The molecule has 2 heterocycles. The van der Waals surface area contributed by atoms with Gasteiger partial charge in [-0.1, -0.05) is 35.9 Å². The standard InChI is InChI=1S/C20H16ClFN2O3/c21-15-3-1-2-4-16(15)24-19(25)17(13-5-7-14(22)8-6-13)18(20(24)26)23-9-11-27-12-10-23/h1-8H,9-12H2. The topological polar surface area (TPSA) is 49.9 Å². The Labute approximate surface area is 160 Å². The number of rotatable bonds is 3. The largest absolute Gasteiger partial charge is 0.378 e. The van der Waals surface area contributed by atoms with E-state index >= 15 is 0 Å². The fourth-order valence-corrected chi connectivity index (χ4v) is 3.55. The van der Waals surface area contributed by atoms with E-state index < -0.39 is 17.6 Å². The molecule has 0 radical (unpaired) electrons. The number of amides is 2. The molecule has 138 valence electrons. The Morgan fingerprint density at radius 1 is 0.926 bits per heavy atom. The first-order valence-corrected chi connectivity index (χ1v) is 8.92. The molecule has 0 bridgehead atoms. The molecule has 0 aromatic heterocycles. The van der Waals surface area contributed by atoms with E-state index in [0.717, 1.165) is 4.90 Å². The van der Waals surface area contributed by atoms with E-state index in [-0.39, 0.29) is 5.57 Å². The van der Waals surface area contributed by atoms with Gasteiger partial charge in [-0.2, -0.15) is 0 Å². The summed E-state index contributed by atoms with van der Waals surface area (Å²) in [6.07, 6.45) is 0. The zero-order valence-electron chi connectivity index (χ0n) is 14.3. The van der Waals surface area contributed by atoms with Gasteiger partial charge in [0, 0.05) is 13.1 Å². The van der Waals surface area contributed by atoms with Crippen LogP contribution in [-0.2, 0) is 14.3 Å². The SMILES string of the molecule is O=C1C(c2ccc(F)cc2)=C(N2CCOCC2)C(=O)N1c1ccccc1Cl. The molecule has 0 aliphatic carbocycles.